The molecule has 2 heterocycles. The maximum absolute atomic E-state index is 11.5. The molecule has 0 aromatic carbocycles. The Morgan fingerprint density at radius 2 is 1.81 bits per heavy atom. The Bertz CT molecular complexity index is 511. The minimum atomic E-state index is -1.13. The largest absolute Gasteiger partial charge is 0.455 e. The van der Waals surface area contributed by atoms with Crippen molar-refractivity contribution < 1.29 is 33.3 Å². The fraction of sp³-hybridized carbons (Fsp3) is 0.714. The summed E-state index contributed by atoms with van der Waals surface area (Å²) in [7, 11) is 0. The first-order valence-electron chi connectivity index (χ1n) is 6.81. The molecule has 0 N–H and O–H groups in total. The number of hydrogen-bond donors (Lipinski definition) is 0. The Morgan fingerprint density at radius 1 is 1.10 bits per heavy atom. The van der Waals surface area contributed by atoms with Gasteiger partial charge in [-0.15, -0.1) is 0 Å². The van der Waals surface area contributed by atoms with Gasteiger partial charge in [0.15, 0.2) is 29.9 Å². The number of esters is 2. The Labute approximate surface area is 122 Å². The molecule has 3 aliphatic rings. The third-order valence-corrected chi connectivity index (χ3v) is 3.70. The molecule has 0 aromatic rings. The van der Waals surface area contributed by atoms with Gasteiger partial charge in [0.1, 0.15) is 6.10 Å². The highest BCUT2D eigenvalue weighted by atomic mass is 16.8. The lowest BCUT2D eigenvalue weighted by Crippen LogP contribution is -2.51. The summed E-state index contributed by atoms with van der Waals surface area (Å²) in [5.74, 6) is -1.74. The summed E-state index contributed by atoms with van der Waals surface area (Å²) in [6.07, 6.45) is 0.742. The van der Waals surface area contributed by atoms with Crippen molar-refractivity contribution in [1.82, 2.24) is 0 Å². The second-order valence-electron chi connectivity index (χ2n) is 5.86. The van der Waals surface area contributed by atoms with Crippen LogP contribution in [0.5, 0.6) is 0 Å². The van der Waals surface area contributed by atoms with Crippen molar-refractivity contribution in [2.45, 2.75) is 63.7 Å². The molecule has 2 fully saturated rings. The smallest absolute Gasteiger partial charge is 0.303 e. The van der Waals surface area contributed by atoms with Crippen LogP contribution in [0.4, 0.5) is 0 Å². The topological polar surface area (TPSA) is 80.3 Å². The summed E-state index contributed by atoms with van der Waals surface area (Å²) in [6.45, 7) is 6.14. The second kappa shape index (κ2) is 4.53. The molecule has 7 heteroatoms. The third kappa shape index (κ3) is 2.25. The first-order valence-corrected chi connectivity index (χ1v) is 6.81. The van der Waals surface area contributed by atoms with E-state index in [1.165, 1.54) is 13.8 Å². The van der Waals surface area contributed by atoms with E-state index in [0.29, 0.717) is 0 Å². The Balaban J connectivity index is 1.91. The average Bonchev–Trinajstić information content (AvgIpc) is 2.87. The predicted octanol–water partition coefficient (Wildman–Crippen LogP) is 0.666. The molecule has 1 aliphatic carbocycles. The maximum Gasteiger partial charge on any atom is 0.303 e. The van der Waals surface area contributed by atoms with Crippen molar-refractivity contribution in [3.8, 4) is 0 Å². The van der Waals surface area contributed by atoms with Crippen molar-refractivity contribution in [2.24, 2.45) is 0 Å². The Morgan fingerprint density at radius 3 is 2.43 bits per heavy atom. The van der Waals surface area contributed by atoms with Gasteiger partial charge in [0, 0.05) is 13.8 Å². The SMILES string of the molecule is CC(=O)O[C@H]1C=C[C@@]2(OC(C)=O)[C@@H]1O[C@@H]1OC(C)(C)O[C@@H]12. The normalized spacial score (nSPS) is 42.5. The summed E-state index contributed by atoms with van der Waals surface area (Å²) in [6, 6.07) is 0. The zero-order valence-corrected chi connectivity index (χ0v) is 12.3. The lowest BCUT2D eigenvalue weighted by Gasteiger charge is -2.33. The fourth-order valence-corrected chi connectivity index (χ4v) is 3.11. The molecule has 0 amide bonds. The van der Waals surface area contributed by atoms with Crippen LogP contribution in [0.15, 0.2) is 12.2 Å². The maximum atomic E-state index is 11.5. The Kier molecular flexibility index (Phi) is 3.12. The van der Waals surface area contributed by atoms with E-state index < -0.39 is 47.9 Å². The van der Waals surface area contributed by atoms with Crippen LogP contribution in [-0.2, 0) is 33.3 Å². The number of carbonyl (C=O) groups excluding carboxylic acids is 2. The molecule has 21 heavy (non-hydrogen) atoms. The number of carbonyl (C=O) groups is 2. The van der Waals surface area contributed by atoms with Gasteiger partial charge in [0.2, 0.25) is 0 Å². The predicted molar refractivity (Wildman–Crippen MR) is 67.9 cm³/mol. The highest BCUT2D eigenvalue weighted by molar-refractivity contribution is 5.68. The number of ether oxygens (including phenoxy) is 5. The van der Waals surface area contributed by atoms with Crippen molar-refractivity contribution in [3.05, 3.63) is 12.2 Å². The molecule has 2 aliphatic heterocycles. The van der Waals surface area contributed by atoms with Crippen LogP contribution in [0.3, 0.4) is 0 Å². The minimum Gasteiger partial charge on any atom is -0.455 e. The molecule has 116 valence electrons. The molecule has 5 atom stereocenters. The van der Waals surface area contributed by atoms with Crippen LogP contribution >= 0.6 is 0 Å². The van der Waals surface area contributed by atoms with E-state index >= 15 is 0 Å². The number of hydrogen-bond acceptors (Lipinski definition) is 7. The standard InChI is InChI=1S/C14H18O7/c1-7(15)17-9-5-6-14(19-8(2)16)10(9)18-12-11(14)20-13(3,4)21-12/h5-6,9-12H,1-4H3/t9-,10+,11-,12+,14+/m0/s1. The van der Waals surface area contributed by atoms with E-state index in [-0.39, 0.29) is 0 Å². The van der Waals surface area contributed by atoms with Crippen LogP contribution in [0.2, 0.25) is 0 Å². The molecule has 3 rings (SSSR count). The molecule has 0 bridgehead atoms. The lowest BCUT2D eigenvalue weighted by atomic mass is 9.94. The van der Waals surface area contributed by atoms with E-state index in [2.05, 4.69) is 0 Å². The van der Waals surface area contributed by atoms with E-state index in [1.807, 2.05) is 0 Å². The van der Waals surface area contributed by atoms with E-state index in [1.54, 1.807) is 26.0 Å². The zero-order chi connectivity index (χ0) is 15.4. The minimum absolute atomic E-state index is 0.439. The van der Waals surface area contributed by atoms with Crippen molar-refractivity contribution in [1.29, 1.82) is 0 Å². The highest BCUT2D eigenvalue weighted by Gasteiger charge is 2.68. The summed E-state index contributed by atoms with van der Waals surface area (Å²) < 4.78 is 28.0. The van der Waals surface area contributed by atoms with Crippen molar-refractivity contribution in [3.63, 3.8) is 0 Å². The molecule has 0 aromatic heterocycles. The van der Waals surface area contributed by atoms with Gasteiger partial charge in [-0.05, 0) is 26.0 Å². The van der Waals surface area contributed by atoms with E-state index in [9.17, 15) is 9.59 Å². The van der Waals surface area contributed by atoms with Gasteiger partial charge in [0.25, 0.3) is 0 Å². The van der Waals surface area contributed by atoms with Crippen molar-refractivity contribution in [2.75, 3.05) is 0 Å². The van der Waals surface area contributed by atoms with Gasteiger partial charge in [-0.25, -0.2) is 0 Å². The third-order valence-electron chi connectivity index (χ3n) is 3.70. The average molecular weight is 298 g/mol. The first-order chi connectivity index (χ1) is 9.73. The van der Waals surface area contributed by atoms with Crippen LogP contribution < -0.4 is 0 Å². The zero-order valence-electron chi connectivity index (χ0n) is 12.3. The molecule has 0 saturated carbocycles. The lowest BCUT2D eigenvalue weighted by molar-refractivity contribution is -0.235. The summed E-state index contributed by atoms with van der Waals surface area (Å²) >= 11 is 0. The van der Waals surface area contributed by atoms with E-state index in [4.69, 9.17) is 23.7 Å². The van der Waals surface area contributed by atoms with E-state index in [0.717, 1.165) is 0 Å². The molecule has 7 nitrogen and oxygen atoms in total. The Hall–Kier alpha value is -1.44. The van der Waals surface area contributed by atoms with Crippen LogP contribution in [0, 0.1) is 0 Å². The van der Waals surface area contributed by atoms with Crippen LogP contribution in [0.1, 0.15) is 27.7 Å². The number of fused-ring (bicyclic) bond motifs is 3. The van der Waals surface area contributed by atoms with Gasteiger partial charge in [-0.2, -0.15) is 0 Å². The summed E-state index contributed by atoms with van der Waals surface area (Å²) in [4.78, 5) is 22.7. The van der Waals surface area contributed by atoms with Gasteiger partial charge in [0.05, 0.1) is 0 Å². The quantitative estimate of drug-likeness (QED) is 0.547. The summed E-state index contributed by atoms with van der Waals surface area (Å²) in [5, 5.41) is 0. The van der Waals surface area contributed by atoms with Gasteiger partial charge >= 0.3 is 11.9 Å². The molecular formula is C14H18O7. The monoisotopic (exact) mass is 298 g/mol. The van der Waals surface area contributed by atoms with Crippen LogP contribution in [-0.4, -0.2) is 47.9 Å². The fourth-order valence-electron chi connectivity index (χ4n) is 3.11. The second-order valence-corrected chi connectivity index (χ2v) is 5.86. The van der Waals surface area contributed by atoms with Gasteiger partial charge in [-0.1, -0.05) is 0 Å². The molecule has 2 saturated heterocycles. The summed E-state index contributed by atoms with van der Waals surface area (Å²) in [5.41, 5.74) is -1.13. The van der Waals surface area contributed by atoms with Crippen LogP contribution in [0.25, 0.3) is 0 Å². The van der Waals surface area contributed by atoms with Gasteiger partial charge in [-0.3, -0.25) is 9.59 Å². The molecule has 0 unspecified atom stereocenters. The van der Waals surface area contributed by atoms with Gasteiger partial charge < -0.3 is 23.7 Å². The molecule has 0 spiro atoms. The molecule has 0 radical (unpaired) electrons. The van der Waals surface area contributed by atoms with Crippen molar-refractivity contribution >= 4 is 11.9 Å². The first kappa shape index (κ1) is 14.5. The number of rotatable bonds is 2. The molecular weight excluding hydrogens is 280 g/mol. The highest BCUT2D eigenvalue weighted by Crippen LogP contribution is 2.49.